The number of benzene rings is 2. The van der Waals surface area contributed by atoms with E-state index in [0.29, 0.717) is 17.0 Å². The van der Waals surface area contributed by atoms with Crippen LogP contribution in [0.5, 0.6) is 5.75 Å². The quantitative estimate of drug-likeness (QED) is 0.621. The average Bonchev–Trinajstić information content (AvgIpc) is 2.63. The minimum Gasteiger partial charge on any atom is -0.478 e. The second kappa shape index (κ2) is 6.84. The third-order valence-corrected chi connectivity index (χ3v) is 4.21. The second-order valence-electron chi connectivity index (χ2n) is 6.43. The molecule has 0 saturated heterocycles. The fourth-order valence-electron chi connectivity index (χ4n) is 2.90. The molecule has 0 bridgehead atoms. The highest BCUT2D eigenvalue weighted by atomic mass is 16.6. The predicted octanol–water partition coefficient (Wildman–Crippen LogP) is 3.42. The van der Waals surface area contributed by atoms with Crippen LogP contribution in [0.2, 0.25) is 0 Å². The number of ether oxygens (including phenoxy) is 1. The molecule has 26 heavy (non-hydrogen) atoms. The lowest BCUT2D eigenvalue weighted by Crippen LogP contribution is -2.48. The minimum atomic E-state index is -0.719. The van der Waals surface area contributed by atoms with Crippen molar-refractivity contribution in [1.29, 1.82) is 5.26 Å². The number of hydrogen-bond acceptors (Lipinski definition) is 5. The number of nitro benzene ring substituents is 1. The molecule has 132 valence electrons. The zero-order valence-corrected chi connectivity index (χ0v) is 14.4. The first kappa shape index (κ1) is 17.4. The van der Waals surface area contributed by atoms with Gasteiger partial charge >= 0.3 is 0 Å². The Balaban J connectivity index is 2.03. The van der Waals surface area contributed by atoms with Crippen LogP contribution in [0.3, 0.4) is 0 Å². The number of nitriles is 1. The second-order valence-corrected chi connectivity index (χ2v) is 6.43. The first-order valence-corrected chi connectivity index (χ1v) is 8.16. The molecule has 1 aliphatic rings. The number of nitrogens with zero attached hydrogens (tertiary/aromatic N) is 3. The third-order valence-electron chi connectivity index (χ3n) is 4.21. The smallest absolute Gasteiger partial charge is 0.273 e. The highest BCUT2D eigenvalue weighted by molar-refractivity contribution is 6.00. The van der Waals surface area contributed by atoms with Crippen LogP contribution in [0.1, 0.15) is 25.0 Å². The molecule has 1 atom stereocenters. The van der Waals surface area contributed by atoms with Crippen LogP contribution in [0.4, 0.5) is 11.4 Å². The summed E-state index contributed by atoms with van der Waals surface area (Å²) in [6.45, 7) is 3.98. The molecule has 7 nitrogen and oxygen atoms in total. The molecule has 0 fully saturated rings. The first-order chi connectivity index (χ1) is 12.4. The highest BCUT2D eigenvalue weighted by Crippen LogP contribution is 2.39. The van der Waals surface area contributed by atoms with E-state index in [1.54, 1.807) is 23.1 Å². The maximum atomic E-state index is 12.9. The summed E-state index contributed by atoms with van der Waals surface area (Å²) in [5.41, 5.74) is 1.70. The Bertz CT molecular complexity index is 917. The van der Waals surface area contributed by atoms with Gasteiger partial charge in [0.1, 0.15) is 0 Å². The van der Waals surface area contributed by atoms with Crippen LogP contribution in [0, 0.1) is 27.4 Å². The Morgan fingerprint density at radius 1 is 1.31 bits per heavy atom. The van der Waals surface area contributed by atoms with E-state index in [-0.39, 0.29) is 24.1 Å². The summed E-state index contributed by atoms with van der Waals surface area (Å²) in [6, 6.07) is 13.3. The monoisotopic (exact) mass is 351 g/mol. The van der Waals surface area contributed by atoms with Crippen molar-refractivity contribution in [3.05, 3.63) is 63.7 Å². The van der Waals surface area contributed by atoms with Gasteiger partial charge in [-0.05, 0) is 29.7 Å². The third kappa shape index (κ3) is 3.22. The van der Waals surface area contributed by atoms with E-state index < -0.39 is 11.0 Å². The zero-order chi connectivity index (χ0) is 18.8. The molecule has 2 aromatic rings. The Labute approximate surface area is 150 Å². The maximum absolute atomic E-state index is 12.9. The number of carbonyl (C=O) groups is 1. The van der Waals surface area contributed by atoms with Crippen LogP contribution < -0.4 is 9.64 Å². The van der Waals surface area contributed by atoms with E-state index in [1.165, 1.54) is 18.2 Å². The number of hydrogen-bond donors (Lipinski definition) is 0. The van der Waals surface area contributed by atoms with E-state index in [9.17, 15) is 14.9 Å². The molecule has 0 spiro atoms. The molecule has 0 N–H and O–H groups in total. The molecule has 0 radical (unpaired) electrons. The molecule has 1 amide bonds. The lowest BCUT2D eigenvalue weighted by atomic mass is 10.0. The topological polar surface area (TPSA) is 96.5 Å². The van der Waals surface area contributed by atoms with Gasteiger partial charge in [-0.2, -0.15) is 5.26 Å². The van der Waals surface area contributed by atoms with Crippen molar-refractivity contribution >= 4 is 17.3 Å². The van der Waals surface area contributed by atoms with E-state index in [1.807, 2.05) is 19.9 Å². The van der Waals surface area contributed by atoms with E-state index in [0.717, 1.165) is 5.56 Å². The fraction of sp³-hybridized carbons (Fsp3) is 0.263. The molecule has 7 heteroatoms. The van der Waals surface area contributed by atoms with Gasteiger partial charge in [0.25, 0.3) is 11.6 Å². The van der Waals surface area contributed by atoms with Gasteiger partial charge in [0.15, 0.2) is 11.9 Å². The van der Waals surface area contributed by atoms with Gasteiger partial charge < -0.3 is 9.64 Å². The predicted molar refractivity (Wildman–Crippen MR) is 94.7 cm³/mol. The summed E-state index contributed by atoms with van der Waals surface area (Å²) in [5, 5.41) is 20.1. The minimum absolute atomic E-state index is 0.0907. The lowest BCUT2D eigenvalue weighted by molar-refractivity contribution is -0.384. The van der Waals surface area contributed by atoms with Gasteiger partial charge in [-0.15, -0.1) is 0 Å². The number of amides is 1. The molecule has 0 aliphatic carbocycles. The number of carbonyl (C=O) groups excluding carboxylic acids is 1. The van der Waals surface area contributed by atoms with Gasteiger partial charge in [-0.1, -0.05) is 26.0 Å². The van der Waals surface area contributed by atoms with Gasteiger partial charge in [0.2, 0.25) is 0 Å². The fourth-order valence-corrected chi connectivity index (χ4v) is 2.90. The van der Waals surface area contributed by atoms with Crippen LogP contribution in [0.25, 0.3) is 0 Å². The van der Waals surface area contributed by atoms with Gasteiger partial charge in [-0.25, -0.2) is 0 Å². The Morgan fingerprint density at radius 2 is 2.08 bits per heavy atom. The molecule has 3 rings (SSSR count). The Kier molecular flexibility index (Phi) is 4.59. The standard InChI is InChI=1S/C19H17N3O4/c1-12(2)18-19(23)21(11-14-5-3-4-13(8-14)10-20)16-7-6-15(22(24)25)9-17(16)26-18/h3-9,12,18H,11H2,1-2H3. The molecular weight excluding hydrogens is 334 g/mol. The number of rotatable bonds is 4. The molecule has 0 saturated carbocycles. The van der Waals surface area contributed by atoms with E-state index in [2.05, 4.69) is 6.07 Å². The molecule has 1 unspecified atom stereocenters. The van der Waals surface area contributed by atoms with Crippen molar-refractivity contribution in [3.8, 4) is 11.8 Å². The average molecular weight is 351 g/mol. The molecule has 2 aromatic carbocycles. The van der Waals surface area contributed by atoms with E-state index >= 15 is 0 Å². The lowest BCUT2D eigenvalue weighted by Gasteiger charge is -2.36. The molecule has 1 aliphatic heterocycles. The Morgan fingerprint density at radius 3 is 2.73 bits per heavy atom. The molecule has 0 aromatic heterocycles. The molecule has 1 heterocycles. The summed E-state index contributed by atoms with van der Waals surface area (Å²) < 4.78 is 5.76. The SMILES string of the molecule is CC(C)C1Oc2cc([N+](=O)[O-])ccc2N(Cc2cccc(C#N)c2)C1=O. The summed E-state index contributed by atoms with van der Waals surface area (Å²) >= 11 is 0. The maximum Gasteiger partial charge on any atom is 0.273 e. The van der Waals surface area contributed by atoms with Crippen LogP contribution in [0.15, 0.2) is 42.5 Å². The number of anilines is 1. The van der Waals surface area contributed by atoms with Crippen molar-refractivity contribution in [2.75, 3.05) is 4.90 Å². The largest absolute Gasteiger partial charge is 0.478 e. The van der Waals surface area contributed by atoms with Gasteiger partial charge in [0.05, 0.1) is 34.9 Å². The Hall–Kier alpha value is -3.40. The van der Waals surface area contributed by atoms with Gasteiger partial charge in [0, 0.05) is 6.07 Å². The first-order valence-electron chi connectivity index (χ1n) is 8.16. The number of nitro groups is 1. The van der Waals surface area contributed by atoms with Gasteiger partial charge in [-0.3, -0.25) is 14.9 Å². The van der Waals surface area contributed by atoms with Crippen LogP contribution >= 0.6 is 0 Å². The van der Waals surface area contributed by atoms with Crippen molar-refractivity contribution in [2.45, 2.75) is 26.5 Å². The van der Waals surface area contributed by atoms with Crippen LogP contribution in [-0.4, -0.2) is 16.9 Å². The van der Waals surface area contributed by atoms with Crippen molar-refractivity contribution < 1.29 is 14.5 Å². The molecular formula is C19H17N3O4. The summed E-state index contributed by atoms with van der Waals surface area (Å²) in [6.07, 6.45) is -0.719. The van der Waals surface area contributed by atoms with Crippen LogP contribution in [-0.2, 0) is 11.3 Å². The van der Waals surface area contributed by atoms with Crippen molar-refractivity contribution in [1.82, 2.24) is 0 Å². The van der Waals surface area contributed by atoms with Crippen molar-refractivity contribution in [3.63, 3.8) is 0 Å². The van der Waals surface area contributed by atoms with E-state index in [4.69, 9.17) is 10.00 Å². The summed E-state index contributed by atoms with van der Waals surface area (Å²) in [5.74, 6) is 0.0144. The summed E-state index contributed by atoms with van der Waals surface area (Å²) in [4.78, 5) is 25.0. The zero-order valence-electron chi connectivity index (χ0n) is 14.4. The highest BCUT2D eigenvalue weighted by Gasteiger charge is 2.37. The normalized spacial score (nSPS) is 16.0. The number of fused-ring (bicyclic) bond motifs is 1. The number of non-ortho nitro benzene ring substituents is 1. The van der Waals surface area contributed by atoms with Crippen molar-refractivity contribution in [2.24, 2.45) is 5.92 Å². The summed E-state index contributed by atoms with van der Waals surface area (Å²) in [7, 11) is 0.